The number of rotatable bonds is 5. The van der Waals surface area contributed by atoms with E-state index in [9.17, 15) is 9.18 Å². The number of aromatic carboxylic acids is 1. The van der Waals surface area contributed by atoms with Gasteiger partial charge in [0.2, 0.25) is 0 Å². The molecule has 0 unspecified atom stereocenters. The number of carboxylic acids is 1. The van der Waals surface area contributed by atoms with Crippen LogP contribution in [0.2, 0.25) is 0 Å². The van der Waals surface area contributed by atoms with E-state index < -0.39 is 11.8 Å². The van der Waals surface area contributed by atoms with Crippen LogP contribution in [0.5, 0.6) is 0 Å². The molecule has 0 atom stereocenters. The highest BCUT2D eigenvalue weighted by molar-refractivity contribution is 7.98. The molecule has 0 amide bonds. The summed E-state index contributed by atoms with van der Waals surface area (Å²) < 4.78 is 13.5. The highest BCUT2D eigenvalue weighted by Crippen LogP contribution is 2.23. The Morgan fingerprint density at radius 1 is 1.56 bits per heavy atom. The van der Waals surface area contributed by atoms with E-state index in [4.69, 9.17) is 5.11 Å². The van der Waals surface area contributed by atoms with Crippen molar-refractivity contribution in [3.05, 3.63) is 29.1 Å². The van der Waals surface area contributed by atoms with Crippen molar-refractivity contribution in [3.8, 4) is 0 Å². The summed E-state index contributed by atoms with van der Waals surface area (Å²) in [6.45, 7) is 1.99. The van der Waals surface area contributed by atoms with Gasteiger partial charge in [-0.1, -0.05) is 6.92 Å². The second kappa shape index (κ2) is 5.75. The van der Waals surface area contributed by atoms with E-state index in [-0.39, 0.29) is 5.56 Å². The molecule has 5 heteroatoms. The Balaban J connectivity index is 3.10. The zero-order valence-electron chi connectivity index (χ0n) is 9.21. The first-order valence-corrected chi connectivity index (χ1v) is 6.06. The Morgan fingerprint density at radius 2 is 2.25 bits per heavy atom. The van der Waals surface area contributed by atoms with Gasteiger partial charge in [0.1, 0.15) is 5.82 Å². The van der Waals surface area contributed by atoms with Gasteiger partial charge in [0.15, 0.2) is 0 Å². The molecule has 0 aromatic heterocycles. The van der Waals surface area contributed by atoms with Gasteiger partial charge in [-0.2, -0.15) is 11.8 Å². The molecule has 2 N–H and O–H groups in total. The average Bonchev–Trinajstić information content (AvgIpc) is 2.26. The zero-order valence-corrected chi connectivity index (χ0v) is 10.0. The first-order valence-electron chi connectivity index (χ1n) is 4.91. The van der Waals surface area contributed by atoms with Crippen molar-refractivity contribution < 1.29 is 14.3 Å². The quantitative estimate of drug-likeness (QED) is 0.835. The molecular formula is C11H14FNO2S. The lowest BCUT2D eigenvalue weighted by molar-refractivity contribution is 0.0697. The van der Waals surface area contributed by atoms with Crippen LogP contribution in [-0.2, 0) is 5.75 Å². The van der Waals surface area contributed by atoms with Gasteiger partial charge in [-0.15, -0.1) is 0 Å². The normalized spacial score (nSPS) is 10.2. The molecule has 88 valence electrons. The molecule has 16 heavy (non-hydrogen) atoms. The molecule has 0 aliphatic rings. The zero-order chi connectivity index (χ0) is 12.1. The third kappa shape index (κ3) is 2.88. The van der Waals surface area contributed by atoms with Crippen LogP contribution in [0.15, 0.2) is 12.1 Å². The molecule has 0 spiro atoms. The molecule has 1 aromatic carbocycles. The van der Waals surface area contributed by atoms with Crippen molar-refractivity contribution in [2.45, 2.75) is 12.7 Å². The number of anilines is 1. The molecule has 0 saturated carbocycles. The van der Waals surface area contributed by atoms with E-state index in [2.05, 4.69) is 5.32 Å². The van der Waals surface area contributed by atoms with Crippen LogP contribution >= 0.6 is 11.8 Å². The number of benzene rings is 1. The average molecular weight is 243 g/mol. The summed E-state index contributed by atoms with van der Waals surface area (Å²) in [5.74, 6) is -0.137. The monoisotopic (exact) mass is 243 g/mol. The van der Waals surface area contributed by atoms with E-state index in [0.717, 1.165) is 11.8 Å². The number of nitrogens with one attached hydrogen (secondary N) is 1. The minimum Gasteiger partial charge on any atom is -0.478 e. The van der Waals surface area contributed by atoms with E-state index in [0.29, 0.717) is 17.0 Å². The first-order chi connectivity index (χ1) is 7.60. The van der Waals surface area contributed by atoms with Crippen LogP contribution in [0, 0.1) is 5.82 Å². The molecule has 3 nitrogen and oxygen atoms in total. The molecule has 0 bridgehead atoms. The third-order valence-electron chi connectivity index (χ3n) is 2.15. The van der Waals surface area contributed by atoms with Gasteiger partial charge < -0.3 is 10.4 Å². The predicted molar refractivity (Wildman–Crippen MR) is 64.7 cm³/mol. The van der Waals surface area contributed by atoms with E-state index in [1.807, 2.05) is 6.92 Å². The Hall–Kier alpha value is -1.23. The van der Waals surface area contributed by atoms with E-state index in [1.54, 1.807) is 24.9 Å². The number of thioether (sulfide) groups is 1. The van der Waals surface area contributed by atoms with Gasteiger partial charge in [0.05, 0.1) is 5.56 Å². The number of hydrogen-bond donors (Lipinski definition) is 2. The molecular weight excluding hydrogens is 229 g/mol. The molecule has 0 aliphatic heterocycles. The Labute approximate surface area is 98.1 Å². The topological polar surface area (TPSA) is 49.3 Å². The van der Waals surface area contributed by atoms with Crippen LogP contribution in [0.4, 0.5) is 10.1 Å². The molecule has 1 rings (SSSR count). The van der Waals surface area contributed by atoms with Gasteiger partial charge in [0, 0.05) is 18.5 Å². The summed E-state index contributed by atoms with van der Waals surface area (Å²) in [4.78, 5) is 10.8. The maximum absolute atomic E-state index is 13.5. The van der Waals surface area contributed by atoms with Gasteiger partial charge in [-0.05, 0) is 23.4 Å². The smallest absolute Gasteiger partial charge is 0.337 e. The number of carbonyl (C=O) groups is 1. The van der Waals surface area contributed by atoms with Crippen molar-refractivity contribution in [1.29, 1.82) is 0 Å². The molecule has 0 saturated heterocycles. The second-order valence-corrected chi connectivity index (χ2v) is 4.46. The summed E-state index contributed by atoms with van der Waals surface area (Å²) >= 11 is 1.59. The largest absolute Gasteiger partial charge is 0.478 e. The summed E-state index contributed by atoms with van der Waals surface area (Å²) in [7, 11) is 1.62. The van der Waals surface area contributed by atoms with E-state index in [1.165, 1.54) is 0 Å². The maximum Gasteiger partial charge on any atom is 0.337 e. The van der Waals surface area contributed by atoms with Crippen molar-refractivity contribution >= 4 is 23.4 Å². The van der Waals surface area contributed by atoms with Gasteiger partial charge in [0.25, 0.3) is 0 Å². The highest BCUT2D eigenvalue weighted by Gasteiger charge is 2.13. The first kappa shape index (κ1) is 12.8. The van der Waals surface area contributed by atoms with Gasteiger partial charge in [-0.25, -0.2) is 9.18 Å². The lowest BCUT2D eigenvalue weighted by atomic mass is 10.1. The van der Waals surface area contributed by atoms with Gasteiger partial charge in [-0.3, -0.25) is 0 Å². The number of hydrogen-bond acceptors (Lipinski definition) is 3. The SMILES string of the molecule is CCSCc1cc(NC)c(C(=O)O)cc1F. The van der Waals surface area contributed by atoms with Crippen LogP contribution in [0.3, 0.4) is 0 Å². The number of carboxylic acid groups (broad SMARTS) is 1. The van der Waals surface area contributed by atoms with Crippen LogP contribution < -0.4 is 5.32 Å². The Morgan fingerprint density at radius 3 is 2.75 bits per heavy atom. The molecule has 0 fully saturated rings. The lowest BCUT2D eigenvalue weighted by Gasteiger charge is -2.09. The fourth-order valence-corrected chi connectivity index (χ4v) is 1.97. The number of halogens is 1. The highest BCUT2D eigenvalue weighted by atomic mass is 32.2. The Kier molecular flexibility index (Phi) is 4.61. The maximum atomic E-state index is 13.5. The molecule has 0 aliphatic carbocycles. The third-order valence-corrected chi connectivity index (χ3v) is 3.07. The minimum atomic E-state index is -1.13. The van der Waals surface area contributed by atoms with Crippen molar-refractivity contribution in [2.24, 2.45) is 0 Å². The second-order valence-electron chi connectivity index (χ2n) is 3.18. The minimum absolute atomic E-state index is 0.0368. The van der Waals surface area contributed by atoms with Crippen LogP contribution in [-0.4, -0.2) is 23.9 Å². The summed E-state index contributed by atoms with van der Waals surface area (Å²) in [6.07, 6.45) is 0. The van der Waals surface area contributed by atoms with Crippen molar-refractivity contribution in [1.82, 2.24) is 0 Å². The molecule has 0 radical (unpaired) electrons. The van der Waals surface area contributed by atoms with Gasteiger partial charge >= 0.3 is 5.97 Å². The standard InChI is InChI=1S/C11H14FNO2S/c1-3-16-6-7-4-10(13-2)8(11(14)15)5-9(7)12/h4-5,13H,3,6H2,1-2H3,(H,14,15). The fourth-order valence-electron chi connectivity index (χ4n) is 1.32. The summed E-state index contributed by atoms with van der Waals surface area (Å²) in [6, 6.07) is 2.63. The van der Waals surface area contributed by atoms with Crippen LogP contribution in [0.25, 0.3) is 0 Å². The van der Waals surface area contributed by atoms with Crippen LogP contribution in [0.1, 0.15) is 22.8 Å². The molecule has 1 aromatic rings. The fraction of sp³-hybridized carbons (Fsp3) is 0.364. The van der Waals surface area contributed by atoms with E-state index >= 15 is 0 Å². The van der Waals surface area contributed by atoms with Crippen molar-refractivity contribution in [2.75, 3.05) is 18.1 Å². The van der Waals surface area contributed by atoms with Crippen molar-refractivity contribution in [3.63, 3.8) is 0 Å². The summed E-state index contributed by atoms with van der Waals surface area (Å²) in [5.41, 5.74) is 0.937. The summed E-state index contributed by atoms with van der Waals surface area (Å²) in [5, 5.41) is 11.6. The lowest BCUT2D eigenvalue weighted by Crippen LogP contribution is -2.05. The predicted octanol–water partition coefficient (Wildman–Crippen LogP) is 2.82. The Bertz CT molecular complexity index is 396. The molecule has 0 heterocycles.